The molecule has 2 aromatic carbocycles. The topological polar surface area (TPSA) is 50.2 Å². The number of thiazole rings is 1. The molecule has 0 saturated heterocycles. The first-order chi connectivity index (χ1) is 9.24. The summed E-state index contributed by atoms with van der Waals surface area (Å²) in [6, 6.07) is 14.3. The van der Waals surface area contributed by atoms with Crippen LogP contribution in [0.15, 0.2) is 47.8 Å². The Kier molecular flexibility index (Phi) is 3.01. The highest BCUT2D eigenvalue weighted by Crippen LogP contribution is 2.22. The second-order valence-corrected chi connectivity index (χ2v) is 5.19. The Labute approximate surface area is 114 Å². The molecule has 0 aliphatic rings. The van der Waals surface area contributed by atoms with Crippen molar-refractivity contribution in [1.29, 1.82) is 0 Å². The fraction of sp³-hybridized carbons (Fsp3) is 0.0667. The Morgan fingerprint density at radius 3 is 2.74 bits per heavy atom. The van der Waals surface area contributed by atoms with Gasteiger partial charge in [0.15, 0.2) is 5.69 Å². The largest absolute Gasteiger partial charge is 0.476 e. The van der Waals surface area contributed by atoms with E-state index in [4.69, 9.17) is 5.11 Å². The average Bonchev–Trinajstić information content (AvgIpc) is 2.88. The number of aromatic carboxylic acids is 1. The monoisotopic (exact) mass is 269 g/mol. The van der Waals surface area contributed by atoms with Crippen molar-refractivity contribution in [1.82, 2.24) is 4.98 Å². The zero-order valence-electron chi connectivity index (χ0n) is 10.0. The van der Waals surface area contributed by atoms with Gasteiger partial charge in [0.25, 0.3) is 0 Å². The van der Waals surface area contributed by atoms with Crippen LogP contribution in [0.1, 0.15) is 21.1 Å². The van der Waals surface area contributed by atoms with Crippen molar-refractivity contribution < 1.29 is 9.90 Å². The van der Waals surface area contributed by atoms with Gasteiger partial charge in [-0.3, -0.25) is 0 Å². The summed E-state index contributed by atoms with van der Waals surface area (Å²) in [7, 11) is 0. The number of nitrogens with zero attached hydrogens (tertiary/aromatic N) is 1. The summed E-state index contributed by atoms with van der Waals surface area (Å²) in [5.41, 5.74) is 1.30. The highest BCUT2D eigenvalue weighted by atomic mass is 32.1. The molecule has 94 valence electrons. The maximum Gasteiger partial charge on any atom is 0.355 e. The Balaban J connectivity index is 1.98. The van der Waals surface area contributed by atoms with Crippen molar-refractivity contribution in [3.63, 3.8) is 0 Å². The number of rotatable bonds is 3. The number of carboxylic acids is 1. The summed E-state index contributed by atoms with van der Waals surface area (Å²) >= 11 is 1.39. The van der Waals surface area contributed by atoms with Crippen molar-refractivity contribution in [3.8, 4) is 0 Å². The third-order valence-corrected chi connectivity index (χ3v) is 3.84. The van der Waals surface area contributed by atoms with Crippen molar-refractivity contribution in [2.24, 2.45) is 0 Å². The lowest BCUT2D eigenvalue weighted by Gasteiger charge is -2.04. The van der Waals surface area contributed by atoms with Gasteiger partial charge in [-0.15, -0.1) is 11.3 Å². The minimum Gasteiger partial charge on any atom is -0.476 e. The molecule has 0 aliphatic carbocycles. The normalized spacial score (nSPS) is 10.7. The lowest BCUT2D eigenvalue weighted by Crippen LogP contribution is -1.97. The third kappa shape index (κ3) is 2.35. The third-order valence-electron chi connectivity index (χ3n) is 2.99. The molecule has 0 amide bonds. The fourth-order valence-corrected chi connectivity index (χ4v) is 2.89. The van der Waals surface area contributed by atoms with E-state index >= 15 is 0 Å². The molecule has 4 heteroatoms. The van der Waals surface area contributed by atoms with Gasteiger partial charge in [0.05, 0.1) is 5.01 Å². The predicted molar refractivity (Wildman–Crippen MR) is 75.8 cm³/mol. The molecule has 0 bridgehead atoms. The number of benzene rings is 2. The number of hydrogen-bond donors (Lipinski definition) is 1. The van der Waals surface area contributed by atoms with Gasteiger partial charge in [-0.1, -0.05) is 42.5 Å². The van der Waals surface area contributed by atoms with Crippen molar-refractivity contribution in [2.75, 3.05) is 0 Å². The molecular weight excluding hydrogens is 258 g/mol. The zero-order valence-corrected chi connectivity index (χ0v) is 10.9. The predicted octanol–water partition coefficient (Wildman–Crippen LogP) is 3.59. The van der Waals surface area contributed by atoms with Gasteiger partial charge < -0.3 is 5.11 Å². The van der Waals surface area contributed by atoms with Crippen molar-refractivity contribution in [2.45, 2.75) is 6.42 Å². The molecule has 3 rings (SSSR count). The van der Waals surface area contributed by atoms with E-state index in [1.54, 1.807) is 5.38 Å². The lowest BCUT2D eigenvalue weighted by molar-refractivity contribution is 0.0691. The Hall–Kier alpha value is -2.20. The summed E-state index contributed by atoms with van der Waals surface area (Å²) < 4.78 is 0. The number of hydrogen-bond acceptors (Lipinski definition) is 3. The first-order valence-corrected chi connectivity index (χ1v) is 6.76. The van der Waals surface area contributed by atoms with Crippen LogP contribution >= 0.6 is 11.3 Å². The standard InChI is InChI=1S/C15H11NO2S/c17-15(18)13-9-19-14(16-13)8-11-6-3-5-10-4-1-2-7-12(10)11/h1-7,9H,8H2,(H,17,18). The molecule has 3 aromatic rings. The molecule has 0 aliphatic heterocycles. The molecule has 0 spiro atoms. The van der Waals surface area contributed by atoms with E-state index in [1.807, 2.05) is 18.2 Å². The van der Waals surface area contributed by atoms with Crippen LogP contribution in [0, 0.1) is 0 Å². The molecule has 0 atom stereocenters. The van der Waals surface area contributed by atoms with Gasteiger partial charge in [0.2, 0.25) is 0 Å². The van der Waals surface area contributed by atoms with Crippen molar-refractivity contribution >= 4 is 28.1 Å². The van der Waals surface area contributed by atoms with E-state index in [1.165, 1.54) is 27.7 Å². The van der Waals surface area contributed by atoms with E-state index in [0.29, 0.717) is 6.42 Å². The molecule has 0 radical (unpaired) electrons. The van der Waals surface area contributed by atoms with E-state index in [0.717, 1.165) is 5.01 Å². The molecule has 1 aromatic heterocycles. The highest BCUT2D eigenvalue weighted by molar-refractivity contribution is 7.09. The summed E-state index contributed by atoms with van der Waals surface area (Å²) in [6.45, 7) is 0. The van der Waals surface area contributed by atoms with Crippen LogP contribution in [0.3, 0.4) is 0 Å². The zero-order chi connectivity index (χ0) is 13.2. The minimum absolute atomic E-state index is 0.125. The van der Waals surface area contributed by atoms with Crippen molar-refractivity contribution in [3.05, 3.63) is 64.1 Å². The molecule has 0 unspecified atom stereocenters. The number of carboxylic acid groups (broad SMARTS) is 1. The molecular formula is C15H11NO2S. The summed E-state index contributed by atoms with van der Waals surface area (Å²) in [4.78, 5) is 15.0. The molecule has 3 nitrogen and oxygen atoms in total. The van der Waals surface area contributed by atoms with Crippen LogP contribution in [0.2, 0.25) is 0 Å². The fourth-order valence-electron chi connectivity index (χ4n) is 2.10. The maximum absolute atomic E-state index is 10.8. The Morgan fingerprint density at radius 2 is 1.95 bits per heavy atom. The van der Waals surface area contributed by atoms with Gasteiger partial charge in [0, 0.05) is 11.8 Å². The van der Waals surface area contributed by atoms with Crippen LogP contribution in [0.4, 0.5) is 0 Å². The summed E-state index contributed by atoms with van der Waals surface area (Å²) in [6.07, 6.45) is 0.666. The maximum atomic E-state index is 10.8. The van der Waals surface area contributed by atoms with E-state index in [2.05, 4.69) is 29.2 Å². The smallest absolute Gasteiger partial charge is 0.355 e. The Bertz CT molecular complexity index is 743. The summed E-state index contributed by atoms with van der Waals surface area (Å²) in [5.74, 6) is -0.972. The second-order valence-electron chi connectivity index (χ2n) is 4.25. The van der Waals surface area contributed by atoms with E-state index < -0.39 is 5.97 Å². The van der Waals surface area contributed by atoms with E-state index in [9.17, 15) is 4.79 Å². The van der Waals surface area contributed by atoms with Gasteiger partial charge in [-0.25, -0.2) is 9.78 Å². The highest BCUT2D eigenvalue weighted by Gasteiger charge is 2.10. The van der Waals surface area contributed by atoms with Crippen LogP contribution in [-0.4, -0.2) is 16.1 Å². The Morgan fingerprint density at radius 1 is 1.16 bits per heavy atom. The molecule has 19 heavy (non-hydrogen) atoms. The molecule has 1 heterocycles. The SMILES string of the molecule is O=C(O)c1csc(Cc2cccc3ccccc23)n1. The molecule has 1 N–H and O–H groups in total. The number of fused-ring (bicyclic) bond motifs is 1. The van der Waals surface area contributed by atoms with Crippen LogP contribution < -0.4 is 0 Å². The molecule has 0 saturated carbocycles. The van der Waals surface area contributed by atoms with Gasteiger partial charge in [-0.2, -0.15) is 0 Å². The molecule has 0 fully saturated rings. The van der Waals surface area contributed by atoms with Crippen LogP contribution in [-0.2, 0) is 6.42 Å². The van der Waals surface area contributed by atoms with Gasteiger partial charge in [-0.05, 0) is 16.3 Å². The second kappa shape index (κ2) is 4.82. The lowest BCUT2D eigenvalue weighted by atomic mass is 10.0. The first-order valence-electron chi connectivity index (χ1n) is 5.88. The number of carbonyl (C=O) groups is 1. The average molecular weight is 269 g/mol. The van der Waals surface area contributed by atoms with Gasteiger partial charge >= 0.3 is 5.97 Å². The first kappa shape index (κ1) is 11.9. The quantitative estimate of drug-likeness (QED) is 0.790. The number of aromatic nitrogens is 1. The van der Waals surface area contributed by atoms with Crippen LogP contribution in [0.25, 0.3) is 10.8 Å². The summed E-state index contributed by atoms with van der Waals surface area (Å²) in [5, 5.41) is 13.7. The van der Waals surface area contributed by atoms with E-state index in [-0.39, 0.29) is 5.69 Å². The van der Waals surface area contributed by atoms with Gasteiger partial charge in [0.1, 0.15) is 0 Å². The minimum atomic E-state index is -0.972. The van der Waals surface area contributed by atoms with Crippen LogP contribution in [0.5, 0.6) is 0 Å².